The SMILES string of the molecule is Nc1ncnc2c1nnn2C[C@@H](CF)OCP(=O)(O)O. The van der Waals surface area contributed by atoms with Gasteiger partial charge in [-0.15, -0.1) is 5.10 Å². The Labute approximate surface area is 111 Å². The summed E-state index contributed by atoms with van der Waals surface area (Å²) in [6, 6.07) is 0. The van der Waals surface area contributed by atoms with Gasteiger partial charge in [0.15, 0.2) is 17.0 Å². The highest BCUT2D eigenvalue weighted by molar-refractivity contribution is 7.51. The molecule has 0 aliphatic heterocycles. The molecule has 1 atom stereocenters. The van der Waals surface area contributed by atoms with Gasteiger partial charge in [0, 0.05) is 0 Å². The maximum absolute atomic E-state index is 12.8. The van der Waals surface area contributed by atoms with E-state index in [1.54, 1.807) is 0 Å². The van der Waals surface area contributed by atoms with E-state index < -0.39 is 26.7 Å². The highest BCUT2D eigenvalue weighted by atomic mass is 31.2. The second kappa shape index (κ2) is 5.75. The normalized spacial score (nSPS) is 13.8. The first kappa shape index (κ1) is 14.7. The van der Waals surface area contributed by atoms with Gasteiger partial charge in [-0.3, -0.25) is 4.57 Å². The van der Waals surface area contributed by atoms with Gasteiger partial charge in [0.05, 0.1) is 6.54 Å². The van der Waals surface area contributed by atoms with Gasteiger partial charge in [-0.25, -0.2) is 19.0 Å². The Hall–Kier alpha value is -1.68. The van der Waals surface area contributed by atoms with E-state index in [0.29, 0.717) is 0 Å². The van der Waals surface area contributed by atoms with Gasteiger partial charge in [-0.1, -0.05) is 5.21 Å². The van der Waals surface area contributed by atoms with E-state index in [2.05, 4.69) is 20.3 Å². The number of rotatable bonds is 6. The summed E-state index contributed by atoms with van der Waals surface area (Å²) in [4.78, 5) is 25.0. The van der Waals surface area contributed by atoms with Crippen LogP contribution in [0.4, 0.5) is 10.2 Å². The predicted molar refractivity (Wildman–Crippen MR) is 65.3 cm³/mol. The zero-order valence-electron chi connectivity index (χ0n) is 10.1. The molecule has 0 saturated carbocycles. The molecule has 0 saturated heterocycles. The lowest BCUT2D eigenvalue weighted by Gasteiger charge is -2.14. The van der Waals surface area contributed by atoms with Crippen molar-refractivity contribution in [2.75, 3.05) is 18.8 Å². The van der Waals surface area contributed by atoms with Gasteiger partial charge < -0.3 is 20.3 Å². The molecular formula is C8H12FN6O4P. The molecule has 12 heteroatoms. The molecule has 110 valence electrons. The summed E-state index contributed by atoms with van der Waals surface area (Å²) >= 11 is 0. The molecule has 0 fully saturated rings. The van der Waals surface area contributed by atoms with Crippen LogP contribution in [0.15, 0.2) is 6.33 Å². The van der Waals surface area contributed by atoms with Crippen LogP contribution in [0.2, 0.25) is 0 Å². The lowest BCUT2D eigenvalue weighted by Crippen LogP contribution is -2.24. The van der Waals surface area contributed by atoms with E-state index in [1.807, 2.05) is 0 Å². The Bertz CT molecular complexity index is 645. The molecule has 0 radical (unpaired) electrons. The number of fused-ring (bicyclic) bond motifs is 1. The summed E-state index contributed by atoms with van der Waals surface area (Å²) in [5.74, 6) is 0.134. The third-order valence-corrected chi connectivity index (χ3v) is 2.84. The van der Waals surface area contributed by atoms with Crippen molar-refractivity contribution in [2.24, 2.45) is 0 Å². The Balaban J connectivity index is 2.14. The number of alkyl halides is 1. The number of anilines is 1. The van der Waals surface area contributed by atoms with Crippen LogP contribution in [-0.2, 0) is 15.8 Å². The summed E-state index contributed by atoms with van der Waals surface area (Å²) in [5.41, 5.74) is 6.13. The fourth-order valence-corrected chi connectivity index (χ4v) is 1.88. The molecule has 10 nitrogen and oxygen atoms in total. The average molecular weight is 306 g/mol. The van der Waals surface area contributed by atoms with Gasteiger partial charge in [-0.2, -0.15) is 0 Å². The Morgan fingerprint density at radius 3 is 2.90 bits per heavy atom. The van der Waals surface area contributed by atoms with Crippen LogP contribution < -0.4 is 5.73 Å². The summed E-state index contributed by atoms with van der Waals surface area (Å²) in [7, 11) is -4.36. The third-order valence-electron chi connectivity index (χ3n) is 2.36. The number of halogens is 1. The van der Waals surface area contributed by atoms with Crippen LogP contribution in [0.5, 0.6) is 0 Å². The molecule has 2 aromatic rings. The first-order valence-electron chi connectivity index (χ1n) is 5.42. The maximum atomic E-state index is 12.8. The molecule has 0 aromatic carbocycles. The molecule has 2 aromatic heterocycles. The zero-order valence-corrected chi connectivity index (χ0v) is 11.0. The molecule has 4 N–H and O–H groups in total. The summed E-state index contributed by atoms with van der Waals surface area (Å²) in [5, 5.41) is 7.48. The zero-order chi connectivity index (χ0) is 14.8. The van der Waals surface area contributed by atoms with Crippen molar-refractivity contribution in [3.63, 3.8) is 0 Å². The second-order valence-corrected chi connectivity index (χ2v) is 5.53. The van der Waals surface area contributed by atoms with Crippen LogP contribution in [0.1, 0.15) is 0 Å². The minimum Gasteiger partial charge on any atom is -0.382 e. The number of hydrogen-bond donors (Lipinski definition) is 3. The minimum absolute atomic E-state index is 0.108. The van der Waals surface area contributed by atoms with Gasteiger partial charge in [0.25, 0.3) is 0 Å². The van der Waals surface area contributed by atoms with Crippen LogP contribution >= 0.6 is 7.60 Å². The molecule has 0 amide bonds. The monoisotopic (exact) mass is 306 g/mol. The van der Waals surface area contributed by atoms with Crippen LogP contribution in [-0.4, -0.2) is 53.9 Å². The van der Waals surface area contributed by atoms with Crippen molar-refractivity contribution in [1.29, 1.82) is 0 Å². The van der Waals surface area contributed by atoms with Crippen LogP contribution in [0.25, 0.3) is 11.2 Å². The van der Waals surface area contributed by atoms with E-state index in [1.165, 1.54) is 11.0 Å². The standard InChI is InChI=1S/C8H12FN6O4P/c9-1-5(19-4-20(16,17)18)2-15-8-6(13-14-15)7(10)11-3-12-8/h3,5H,1-2,4H2,(H2,10,11,12)(H2,16,17,18)/t5-/m1/s1. The van der Waals surface area contributed by atoms with Crippen molar-refractivity contribution >= 4 is 24.6 Å². The number of ether oxygens (including phenoxy) is 1. The van der Waals surface area contributed by atoms with Gasteiger partial charge in [0.1, 0.15) is 25.5 Å². The highest BCUT2D eigenvalue weighted by Gasteiger charge is 2.20. The van der Waals surface area contributed by atoms with Gasteiger partial charge >= 0.3 is 7.60 Å². The van der Waals surface area contributed by atoms with E-state index in [4.69, 9.17) is 20.3 Å². The molecule has 0 bridgehead atoms. The molecule has 0 aliphatic rings. The Kier molecular flexibility index (Phi) is 4.23. The van der Waals surface area contributed by atoms with Crippen molar-refractivity contribution in [3.05, 3.63) is 6.33 Å². The van der Waals surface area contributed by atoms with E-state index in [9.17, 15) is 8.96 Å². The minimum atomic E-state index is -4.36. The molecular weight excluding hydrogens is 294 g/mol. The first-order valence-corrected chi connectivity index (χ1v) is 7.22. The largest absolute Gasteiger partial charge is 0.382 e. The second-order valence-electron chi connectivity index (χ2n) is 3.94. The number of hydrogen-bond acceptors (Lipinski definition) is 7. The predicted octanol–water partition coefficient (Wildman–Crippen LogP) is -0.707. The third kappa shape index (κ3) is 3.45. The Morgan fingerprint density at radius 1 is 1.50 bits per heavy atom. The molecule has 0 aliphatic carbocycles. The fourth-order valence-electron chi connectivity index (χ4n) is 1.47. The Morgan fingerprint density at radius 2 is 2.25 bits per heavy atom. The lowest BCUT2D eigenvalue weighted by molar-refractivity contribution is 0.0419. The lowest BCUT2D eigenvalue weighted by atomic mass is 10.4. The number of aromatic nitrogens is 5. The molecule has 0 spiro atoms. The molecule has 20 heavy (non-hydrogen) atoms. The van der Waals surface area contributed by atoms with E-state index in [-0.39, 0.29) is 23.5 Å². The first-order chi connectivity index (χ1) is 9.40. The number of nitrogen functional groups attached to an aromatic ring is 1. The summed E-state index contributed by atoms with van der Waals surface area (Å²) in [6.45, 7) is -1.05. The quantitative estimate of drug-likeness (QED) is 0.588. The van der Waals surface area contributed by atoms with Gasteiger partial charge in [-0.05, 0) is 0 Å². The number of nitrogens with zero attached hydrogens (tertiary/aromatic N) is 5. The molecule has 0 unspecified atom stereocenters. The van der Waals surface area contributed by atoms with Gasteiger partial charge in [0.2, 0.25) is 0 Å². The van der Waals surface area contributed by atoms with E-state index in [0.717, 1.165) is 0 Å². The van der Waals surface area contributed by atoms with E-state index >= 15 is 0 Å². The van der Waals surface area contributed by atoms with Crippen molar-refractivity contribution in [1.82, 2.24) is 25.0 Å². The van der Waals surface area contributed by atoms with Crippen molar-refractivity contribution < 1.29 is 23.5 Å². The highest BCUT2D eigenvalue weighted by Crippen LogP contribution is 2.34. The van der Waals surface area contributed by atoms with Crippen molar-refractivity contribution in [3.8, 4) is 0 Å². The smallest absolute Gasteiger partial charge is 0.350 e. The molecule has 2 rings (SSSR count). The molecule has 2 heterocycles. The maximum Gasteiger partial charge on any atom is 0.350 e. The number of nitrogens with two attached hydrogens (primary N) is 1. The summed E-state index contributed by atoms with van der Waals surface area (Å²) < 4.78 is 29.5. The summed E-state index contributed by atoms with van der Waals surface area (Å²) in [6.07, 6.45) is -0.743. The van der Waals surface area contributed by atoms with Crippen LogP contribution in [0.3, 0.4) is 0 Å². The average Bonchev–Trinajstić information content (AvgIpc) is 2.78. The fraction of sp³-hybridized carbons (Fsp3) is 0.500. The van der Waals surface area contributed by atoms with Crippen molar-refractivity contribution in [2.45, 2.75) is 12.6 Å². The van der Waals surface area contributed by atoms with Crippen LogP contribution in [0, 0.1) is 0 Å². The topological polar surface area (TPSA) is 149 Å².